The summed E-state index contributed by atoms with van der Waals surface area (Å²) in [6, 6.07) is 3.52. The Morgan fingerprint density at radius 3 is 1.91 bits per heavy atom. The summed E-state index contributed by atoms with van der Waals surface area (Å²) in [7, 11) is -5.44. The third kappa shape index (κ3) is 5.52. The van der Waals surface area contributed by atoms with E-state index in [9.17, 15) is 40.0 Å². The van der Waals surface area contributed by atoms with Gasteiger partial charge in [0.25, 0.3) is 0 Å². The maximum absolute atomic E-state index is 13.8. The van der Waals surface area contributed by atoms with Crippen LogP contribution < -0.4 is 9.50 Å². The summed E-state index contributed by atoms with van der Waals surface area (Å²) >= 11 is 0. The Morgan fingerprint density at radius 1 is 0.938 bits per heavy atom. The van der Waals surface area contributed by atoms with Gasteiger partial charge in [0.15, 0.2) is 28.2 Å². The lowest BCUT2D eigenvalue weighted by molar-refractivity contribution is -0.147. The van der Waals surface area contributed by atoms with Crippen LogP contribution in [0.25, 0.3) is 0 Å². The number of hydrogen-bond donors (Lipinski definition) is 1. The first-order valence-corrected chi connectivity index (χ1v) is 10.3. The van der Waals surface area contributed by atoms with Crippen LogP contribution in [-0.2, 0) is 30.9 Å². The summed E-state index contributed by atoms with van der Waals surface area (Å²) in [5.41, 5.74) is 0.401. The van der Waals surface area contributed by atoms with E-state index in [1.807, 2.05) is 0 Å². The standard InChI is InChI=1S/C19H16F5NO6S/c1-3-30-19(27)12(25-9(2)26)8-10-4-6-11(7-5-10)31-32(28,29)18-16(23)14(21)13(20)15(22)17(18)24/h4-7,12H,3,8H2,1-2H3,(H,25,26). The van der Waals surface area contributed by atoms with Crippen LogP contribution >= 0.6 is 0 Å². The molecule has 7 nitrogen and oxygen atoms in total. The highest BCUT2D eigenvalue weighted by atomic mass is 32.2. The van der Waals surface area contributed by atoms with E-state index in [1.165, 1.54) is 19.1 Å². The number of halogens is 5. The molecular formula is C19H16F5NO6S. The maximum atomic E-state index is 13.8. The van der Waals surface area contributed by atoms with Crippen molar-refractivity contribution in [2.45, 2.75) is 31.2 Å². The smallest absolute Gasteiger partial charge is 0.345 e. The van der Waals surface area contributed by atoms with E-state index >= 15 is 0 Å². The molecule has 2 rings (SSSR count). The van der Waals surface area contributed by atoms with E-state index < -0.39 is 67.8 Å². The molecule has 2 aromatic carbocycles. The van der Waals surface area contributed by atoms with E-state index in [0.717, 1.165) is 12.1 Å². The molecule has 1 atom stereocenters. The van der Waals surface area contributed by atoms with Crippen molar-refractivity contribution in [3.8, 4) is 5.75 Å². The molecule has 0 heterocycles. The van der Waals surface area contributed by atoms with Crippen molar-refractivity contribution in [3.05, 3.63) is 58.9 Å². The van der Waals surface area contributed by atoms with Gasteiger partial charge in [-0.25, -0.2) is 26.7 Å². The normalized spacial score (nSPS) is 12.2. The van der Waals surface area contributed by atoms with Crippen molar-refractivity contribution in [1.29, 1.82) is 0 Å². The quantitative estimate of drug-likeness (QED) is 0.205. The van der Waals surface area contributed by atoms with Crippen molar-refractivity contribution in [3.63, 3.8) is 0 Å². The highest BCUT2D eigenvalue weighted by Gasteiger charge is 2.35. The van der Waals surface area contributed by atoms with Crippen LogP contribution in [-0.4, -0.2) is 32.9 Å². The van der Waals surface area contributed by atoms with E-state index in [1.54, 1.807) is 6.92 Å². The van der Waals surface area contributed by atoms with E-state index in [0.29, 0.717) is 5.56 Å². The molecule has 0 aliphatic carbocycles. The monoisotopic (exact) mass is 481 g/mol. The largest absolute Gasteiger partial charge is 0.464 e. The molecule has 2 aromatic rings. The number of rotatable bonds is 8. The van der Waals surface area contributed by atoms with Gasteiger partial charge < -0.3 is 14.2 Å². The number of hydrogen-bond acceptors (Lipinski definition) is 6. The predicted octanol–water partition coefficient (Wildman–Crippen LogP) is 2.76. The minimum atomic E-state index is -5.44. The number of nitrogens with one attached hydrogen (secondary N) is 1. The SMILES string of the molecule is CCOC(=O)C(Cc1ccc(OS(=O)(=O)c2c(F)c(F)c(F)c(F)c2F)cc1)NC(C)=O. The maximum Gasteiger partial charge on any atom is 0.345 e. The van der Waals surface area contributed by atoms with Gasteiger partial charge in [0, 0.05) is 13.3 Å². The van der Waals surface area contributed by atoms with Crippen LogP contribution in [0, 0.1) is 29.1 Å². The molecule has 0 aliphatic rings. The molecule has 0 radical (unpaired) electrons. The predicted molar refractivity (Wildman–Crippen MR) is 98.4 cm³/mol. The van der Waals surface area contributed by atoms with Gasteiger partial charge in [-0.05, 0) is 24.6 Å². The molecule has 0 spiro atoms. The van der Waals surface area contributed by atoms with Gasteiger partial charge in [0.05, 0.1) is 6.61 Å². The van der Waals surface area contributed by atoms with Gasteiger partial charge in [-0.1, -0.05) is 12.1 Å². The first-order valence-electron chi connectivity index (χ1n) is 8.87. The highest BCUT2D eigenvalue weighted by molar-refractivity contribution is 7.87. The Kier molecular flexibility index (Phi) is 7.78. The zero-order valence-corrected chi connectivity index (χ0v) is 17.4. The van der Waals surface area contributed by atoms with Gasteiger partial charge in [-0.15, -0.1) is 0 Å². The van der Waals surface area contributed by atoms with Crippen LogP contribution in [0.3, 0.4) is 0 Å². The van der Waals surface area contributed by atoms with Crippen molar-refractivity contribution in [1.82, 2.24) is 5.32 Å². The first kappa shape index (κ1) is 25.0. The Balaban J connectivity index is 2.27. The fourth-order valence-electron chi connectivity index (χ4n) is 2.57. The average Bonchev–Trinajstić information content (AvgIpc) is 2.71. The fourth-order valence-corrected chi connectivity index (χ4v) is 3.64. The van der Waals surface area contributed by atoms with Crippen LogP contribution in [0.15, 0.2) is 29.2 Å². The van der Waals surface area contributed by atoms with Gasteiger partial charge in [-0.3, -0.25) is 4.79 Å². The lowest BCUT2D eigenvalue weighted by atomic mass is 10.1. The van der Waals surface area contributed by atoms with Gasteiger partial charge in [0.1, 0.15) is 11.8 Å². The summed E-state index contributed by atoms with van der Waals surface area (Å²) in [6.07, 6.45) is -0.0525. The fraction of sp³-hybridized carbons (Fsp3) is 0.263. The molecule has 13 heteroatoms. The van der Waals surface area contributed by atoms with Gasteiger partial charge in [0.2, 0.25) is 11.7 Å². The van der Waals surface area contributed by atoms with Crippen LogP contribution in [0.4, 0.5) is 22.0 Å². The molecule has 0 saturated heterocycles. The van der Waals surface area contributed by atoms with Crippen LogP contribution in [0.2, 0.25) is 0 Å². The molecule has 1 amide bonds. The van der Waals surface area contributed by atoms with Crippen molar-refractivity contribution in [2.75, 3.05) is 6.61 Å². The number of esters is 1. The molecule has 174 valence electrons. The Hall–Kier alpha value is -3.22. The van der Waals surface area contributed by atoms with Crippen molar-refractivity contribution < 1.29 is 48.9 Å². The number of benzene rings is 2. The summed E-state index contributed by atoms with van der Waals surface area (Å²) in [5.74, 6) is -14.2. The Bertz CT molecular complexity index is 1110. The van der Waals surface area contributed by atoms with Gasteiger partial charge in [-0.2, -0.15) is 8.42 Å². The van der Waals surface area contributed by atoms with E-state index in [-0.39, 0.29) is 13.0 Å². The minimum Gasteiger partial charge on any atom is -0.464 e. The van der Waals surface area contributed by atoms with Gasteiger partial charge >= 0.3 is 16.1 Å². The van der Waals surface area contributed by atoms with Crippen LogP contribution in [0.5, 0.6) is 5.75 Å². The first-order chi connectivity index (χ1) is 14.9. The van der Waals surface area contributed by atoms with Crippen molar-refractivity contribution in [2.24, 2.45) is 0 Å². The highest BCUT2D eigenvalue weighted by Crippen LogP contribution is 2.29. The van der Waals surface area contributed by atoms with E-state index in [4.69, 9.17) is 4.74 Å². The lowest BCUT2D eigenvalue weighted by Gasteiger charge is -2.16. The third-order valence-corrected chi connectivity index (χ3v) is 5.21. The molecule has 32 heavy (non-hydrogen) atoms. The second-order valence-corrected chi connectivity index (χ2v) is 7.77. The topological polar surface area (TPSA) is 98.8 Å². The average molecular weight is 481 g/mol. The van der Waals surface area contributed by atoms with Crippen LogP contribution in [0.1, 0.15) is 19.4 Å². The molecule has 1 unspecified atom stereocenters. The molecule has 0 saturated carbocycles. The Labute approximate surface area is 179 Å². The molecule has 0 bridgehead atoms. The number of carbonyl (C=O) groups is 2. The summed E-state index contributed by atoms with van der Waals surface area (Å²) in [6.45, 7) is 2.82. The molecule has 0 aromatic heterocycles. The molecule has 1 N–H and O–H groups in total. The Morgan fingerprint density at radius 2 is 1.44 bits per heavy atom. The molecule has 0 fully saturated rings. The third-order valence-electron chi connectivity index (χ3n) is 3.94. The molecule has 0 aliphatic heterocycles. The van der Waals surface area contributed by atoms with E-state index in [2.05, 4.69) is 9.50 Å². The summed E-state index contributed by atoms with van der Waals surface area (Å²) < 4.78 is 101. The number of ether oxygens (including phenoxy) is 1. The second-order valence-electron chi connectivity index (χ2n) is 6.29. The minimum absolute atomic E-state index is 0.0525. The van der Waals surface area contributed by atoms with Crippen molar-refractivity contribution >= 4 is 22.0 Å². The number of amides is 1. The zero-order valence-electron chi connectivity index (χ0n) is 16.5. The second kappa shape index (κ2) is 9.94. The molecular weight excluding hydrogens is 465 g/mol. The summed E-state index contributed by atoms with van der Waals surface area (Å²) in [5, 5.41) is 2.39. The summed E-state index contributed by atoms with van der Waals surface area (Å²) in [4.78, 5) is 21.1. The lowest BCUT2D eigenvalue weighted by Crippen LogP contribution is -2.42. The number of carbonyl (C=O) groups excluding carboxylic acids is 2. The zero-order chi connectivity index (χ0) is 24.2.